The highest BCUT2D eigenvalue weighted by Crippen LogP contribution is 2.36. The van der Waals surface area contributed by atoms with Crippen LogP contribution in [0.5, 0.6) is 0 Å². The fourth-order valence-corrected chi connectivity index (χ4v) is 2.43. The van der Waals surface area contributed by atoms with Gasteiger partial charge in [-0.25, -0.2) is 13.2 Å². The van der Waals surface area contributed by atoms with Crippen molar-refractivity contribution in [3.8, 4) is 0 Å². The zero-order valence-corrected chi connectivity index (χ0v) is 12.0. The first-order chi connectivity index (χ1) is 9.08. The smallest absolute Gasteiger partial charge is 0.336 e. The molecule has 7 nitrogen and oxygen atoms in total. The van der Waals surface area contributed by atoms with Crippen LogP contribution in [0.2, 0.25) is 0 Å². The predicted molar refractivity (Wildman–Crippen MR) is 75.4 cm³/mol. The minimum absolute atomic E-state index is 0.0920. The summed E-state index contributed by atoms with van der Waals surface area (Å²) in [7, 11) is 0.636. The Hall–Kier alpha value is -1.90. The highest BCUT2D eigenvalue weighted by Gasteiger charge is 2.24. The lowest BCUT2D eigenvalue weighted by atomic mass is 10.1. The maximum Gasteiger partial charge on any atom is 0.336 e. The second-order valence-electron chi connectivity index (χ2n) is 5.20. The molecule has 0 radical (unpaired) electrons. The molecular weight excluding hydrogens is 284 g/mol. The number of nitrogens with one attached hydrogen (secondary N) is 1. The van der Waals surface area contributed by atoms with Gasteiger partial charge >= 0.3 is 5.63 Å². The number of nitrogens with zero attached hydrogens (tertiary/aromatic N) is 1. The monoisotopic (exact) mass is 298 g/mol. The van der Waals surface area contributed by atoms with Crippen LogP contribution in [0.25, 0.3) is 11.0 Å². The van der Waals surface area contributed by atoms with Gasteiger partial charge in [0.15, 0.2) is 16.0 Å². The van der Waals surface area contributed by atoms with Crippen LogP contribution >= 0.6 is 0 Å². The van der Waals surface area contributed by atoms with Gasteiger partial charge < -0.3 is 8.97 Å². The lowest BCUT2D eigenvalue weighted by molar-refractivity contribution is 0.467. The third-order valence-electron chi connectivity index (χ3n) is 2.67. The number of anilines is 1. The van der Waals surface area contributed by atoms with Crippen LogP contribution < -0.4 is 14.8 Å². The molecule has 0 aliphatic carbocycles. The van der Waals surface area contributed by atoms with E-state index in [0.29, 0.717) is 11.1 Å². The van der Waals surface area contributed by atoms with Gasteiger partial charge in [0.2, 0.25) is 5.58 Å². The number of rotatable bonds is 3. The van der Waals surface area contributed by atoms with Crippen molar-refractivity contribution < 1.29 is 17.4 Å². The van der Waals surface area contributed by atoms with E-state index in [1.807, 2.05) is 4.72 Å². The Labute approximate surface area is 115 Å². The fraction of sp³-hybridized carbons (Fsp3) is 0.250. The maximum absolute atomic E-state index is 11.4. The van der Waals surface area contributed by atoms with Crippen molar-refractivity contribution >= 4 is 32.6 Å². The van der Waals surface area contributed by atoms with Gasteiger partial charge in [0.25, 0.3) is 0 Å². The first-order valence-corrected chi connectivity index (χ1v) is 7.11. The number of hydrogen-bond acceptors (Lipinski definition) is 5. The molecule has 0 saturated heterocycles. The van der Waals surface area contributed by atoms with Crippen molar-refractivity contribution in [3.05, 3.63) is 34.7 Å². The second kappa shape index (κ2) is 4.58. The molecule has 0 amide bonds. The number of hydrogen-bond donors (Lipinski definition) is 1. The molecule has 0 atom stereocenters. The van der Waals surface area contributed by atoms with Crippen molar-refractivity contribution in [2.75, 3.05) is 25.9 Å². The Morgan fingerprint density at radius 2 is 1.75 bits per heavy atom. The zero-order valence-electron chi connectivity index (χ0n) is 11.2. The first-order valence-electron chi connectivity index (χ1n) is 5.70. The lowest BCUT2D eigenvalue weighted by Crippen LogP contribution is -2.36. The molecule has 0 saturated carbocycles. The highest BCUT2D eigenvalue weighted by molar-refractivity contribution is 7.87. The molecular formula is C12H14N2O5S. The standard InChI is InChI=1S/C12H14N2O5S/c1-14(2,3)11-9(13-20(16,17)18)6-4-8-5-7-10(15)19-12(8)11/h4-7H,1-3H3,(H-,13,15,16,17,18). The first kappa shape index (κ1) is 14.5. The topological polar surface area (TPSA) is 99.4 Å². The van der Waals surface area contributed by atoms with Crippen molar-refractivity contribution in [1.29, 1.82) is 0 Å². The molecule has 20 heavy (non-hydrogen) atoms. The van der Waals surface area contributed by atoms with E-state index in [9.17, 15) is 17.8 Å². The number of quaternary nitrogens is 1. The van der Waals surface area contributed by atoms with Gasteiger partial charge in [0.1, 0.15) is 5.69 Å². The zero-order chi connectivity index (χ0) is 15.1. The van der Waals surface area contributed by atoms with Gasteiger partial charge in [0, 0.05) is 11.5 Å². The Morgan fingerprint density at radius 3 is 2.30 bits per heavy atom. The Bertz CT molecular complexity index is 818. The molecule has 8 heteroatoms. The van der Waals surface area contributed by atoms with E-state index in [-0.39, 0.29) is 15.8 Å². The van der Waals surface area contributed by atoms with Crippen molar-refractivity contribution in [1.82, 2.24) is 4.48 Å². The third kappa shape index (κ3) is 2.98. The largest absolute Gasteiger partial charge is 0.731 e. The minimum Gasteiger partial charge on any atom is -0.731 e. The molecule has 108 valence electrons. The second-order valence-corrected chi connectivity index (χ2v) is 6.32. The molecule has 0 fully saturated rings. The molecule has 1 aromatic carbocycles. The van der Waals surface area contributed by atoms with E-state index in [1.165, 1.54) is 12.1 Å². The molecule has 1 aromatic heterocycles. The van der Waals surface area contributed by atoms with Crippen LogP contribution in [-0.2, 0) is 10.3 Å². The fourth-order valence-electron chi connectivity index (χ4n) is 2.00. The van der Waals surface area contributed by atoms with Gasteiger partial charge in [-0.3, -0.25) is 9.21 Å². The van der Waals surface area contributed by atoms with Gasteiger partial charge in [0.05, 0.1) is 21.1 Å². The predicted octanol–water partition coefficient (Wildman–Crippen LogP) is 0.862. The SMILES string of the molecule is C[N+](C)(C)c1c(NS(=O)(=O)[O-])ccc2ccc(=O)oc12. The molecule has 0 unspecified atom stereocenters. The molecule has 0 bridgehead atoms. The van der Waals surface area contributed by atoms with E-state index >= 15 is 0 Å². The summed E-state index contributed by atoms with van der Waals surface area (Å²) in [6, 6.07) is 5.90. The van der Waals surface area contributed by atoms with E-state index in [2.05, 4.69) is 0 Å². The summed E-state index contributed by atoms with van der Waals surface area (Å²) in [4.78, 5) is 11.4. The number of benzene rings is 1. The summed E-state index contributed by atoms with van der Waals surface area (Å²) in [5, 5.41) is 0.640. The van der Waals surface area contributed by atoms with Crippen LogP contribution in [0.1, 0.15) is 0 Å². The van der Waals surface area contributed by atoms with Crippen LogP contribution in [0.3, 0.4) is 0 Å². The molecule has 0 spiro atoms. The maximum atomic E-state index is 11.4. The summed E-state index contributed by atoms with van der Waals surface area (Å²) >= 11 is 0. The van der Waals surface area contributed by atoms with Crippen LogP contribution in [-0.4, -0.2) is 34.1 Å². The van der Waals surface area contributed by atoms with Gasteiger partial charge in [-0.1, -0.05) is 0 Å². The Morgan fingerprint density at radius 1 is 1.15 bits per heavy atom. The van der Waals surface area contributed by atoms with Crippen LogP contribution in [0, 0.1) is 0 Å². The average molecular weight is 298 g/mol. The van der Waals surface area contributed by atoms with E-state index < -0.39 is 15.9 Å². The molecule has 0 aliphatic heterocycles. The molecule has 1 N–H and O–H groups in total. The normalized spacial score (nSPS) is 12.6. The van der Waals surface area contributed by atoms with E-state index in [4.69, 9.17) is 4.42 Å². The van der Waals surface area contributed by atoms with E-state index in [1.54, 1.807) is 33.3 Å². The van der Waals surface area contributed by atoms with Gasteiger partial charge in [-0.15, -0.1) is 0 Å². The quantitative estimate of drug-likeness (QED) is 0.515. The minimum atomic E-state index is -4.67. The van der Waals surface area contributed by atoms with Gasteiger partial charge in [-0.05, 0) is 18.2 Å². The Kier molecular flexibility index (Phi) is 3.32. The molecule has 2 aromatic rings. The summed E-state index contributed by atoms with van der Waals surface area (Å²) in [6.07, 6.45) is 0. The third-order valence-corrected chi connectivity index (χ3v) is 3.14. The summed E-state index contributed by atoms with van der Waals surface area (Å²) in [5.74, 6) is 0. The van der Waals surface area contributed by atoms with Crippen LogP contribution in [0.15, 0.2) is 33.5 Å². The summed E-state index contributed by atoms with van der Waals surface area (Å²) in [6.45, 7) is 0. The van der Waals surface area contributed by atoms with Crippen LogP contribution in [0.4, 0.5) is 11.4 Å². The molecule has 1 heterocycles. The van der Waals surface area contributed by atoms with Crippen molar-refractivity contribution in [2.45, 2.75) is 0 Å². The van der Waals surface area contributed by atoms with Gasteiger partial charge in [-0.2, -0.15) is 0 Å². The number of fused-ring (bicyclic) bond motifs is 1. The molecule has 0 aliphatic rings. The highest BCUT2D eigenvalue weighted by atomic mass is 32.2. The summed E-state index contributed by atoms with van der Waals surface area (Å²) in [5.41, 5.74) is 0.196. The average Bonchev–Trinajstić information content (AvgIpc) is 2.24. The Balaban J connectivity index is 2.86. The molecule has 2 rings (SSSR count). The van der Waals surface area contributed by atoms with Crippen molar-refractivity contribution in [3.63, 3.8) is 0 Å². The summed E-state index contributed by atoms with van der Waals surface area (Å²) < 4.78 is 40.0. The van der Waals surface area contributed by atoms with Crippen molar-refractivity contribution in [2.24, 2.45) is 0 Å². The lowest BCUT2D eigenvalue weighted by Gasteiger charge is -2.27. The van der Waals surface area contributed by atoms with E-state index in [0.717, 1.165) is 0 Å².